The fourth-order valence-electron chi connectivity index (χ4n) is 1.51. The molecule has 0 N–H and O–H groups in total. The Morgan fingerprint density at radius 3 is 2.58 bits per heavy atom. The van der Waals surface area contributed by atoms with E-state index < -0.39 is 22.5 Å². The van der Waals surface area contributed by atoms with E-state index in [0.29, 0.717) is 19.3 Å². The molecule has 0 spiro atoms. The minimum atomic E-state index is -4.43. The number of Topliss-reactive ketones (excluding diaryl/α,β-unsaturated/α-hetero) is 1. The molecule has 1 atom stereocenters. The zero-order valence-electron chi connectivity index (χ0n) is 10.5. The maximum atomic E-state index is 12.5. The number of ketones is 1. The predicted octanol–water partition coefficient (Wildman–Crippen LogP) is 3.57. The molecule has 0 aromatic heterocycles. The molecule has 1 unspecified atom stereocenters. The Labute approximate surface area is 112 Å². The second-order valence-electron chi connectivity index (χ2n) is 4.07. The van der Waals surface area contributed by atoms with Gasteiger partial charge in [0.25, 0.3) is 0 Å². The molecule has 106 valence electrons. The van der Waals surface area contributed by atoms with Crippen LogP contribution in [-0.4, -0.2) is 15.7 Å². The van der Waals surface area contributed by atoms with Crippen LogP contribution in [0.4, 0.5) is 13.2 Å². The first-order valence-corrected chi connectivity index (χ1v) is 7.24. The maximum absolute atomic E-state index is 12.5. The van der Waals surface area contributed by atoms with E-state index in [-0.39, 0.29) is 16.4 Å². The number of rotatable bonds is 6. The van der Waals surface area contributed by atoms with Crippen LogP contribution in [-0.2, 0) is 21.8 Å². The van der Waals surface area contributed by atoms with Crippen molar-refractivity contribution in [2.24, 2.45) is 0 Å². The molecule has 1 aromatic rings. The molecule has 1 aromatic carbocycles. The Hall–Kier alpha value is -1.17. The van der Waals surface area contributed by atoms with E-state index in [1.165, 1.54) is 12.1 Å². The number of hydrogen-bond acceptors (Lipinski definition) is 2. The summed E-state index contributed by atoms with van der Waals surface area (Å²) >= 11 is 0. The van der Waals surface area contributed by atoms with Crippen LogP contribution in [0.25, 0.3) is 0 Å². The third-order valence-electron chi connectivity index (χ3n) is 2.60. The van der Waals surface area contributed by atoms with Crippen molar-refractivity contribution in [3.05, 3.63) is 29.8 Å². The molecule has 0 radical (unpaired) electrons. The highest BCUT2D eigenvalue weighted by atomic mass is 32.2. The standard InChI is InChI=1S/C13H15F3O2S/c1-2-11(17)6-4-8-19(18)12-7-3-5-10(9-12)13(14,15)16/h3,5,7,9H,2,4,6,8H2,1H3. The van der Waals surface area contributed by atoms with Gasteiger partial charge in [0.05, 0.1) is 16.4 Å². The molecule has 2 nitrogen and oxygen atoms in total. The predicted molar refractivity (Wildman–Crippen MR) is 67.3 cm³/mol. The number of halogens is 3. The second kappa shape index (κ2) is 6.84. The summed E-state index contributed by atoms with van der Waals surface area (Å²) in [4.78, 5) is 11.2. The summed E-state index contributed by atoms with van der Waals surface area (Å²) in [6.45, 7) is 1.74. The Kier molecular flexibility index (Phi) is 5.72. The van der Waals surface area contributed by atoms with E-state index in [9.17, 15) is 22.2 Å². The lowest BCUT2D eigenvalue weighted by molar-refractivity contribution is -0.137. The highest BCUT2D eigenvalue weighted by Gasteiger charge is 2.30. The number of hydrogen-bond donors (Lipinski definition) is 0. The molecular weight excluding hydrogens is 277 g/mol. The zero-order valence-corrected chi connectivity index (χ0v) is 11.3. The van der Waals surface area contributed by atoms with Crippen LogP contribution in [0.2, 0.25) is 0 Å². The molecule has 0 aliphatic rings. The first kappa shape index (κ1) is 15.9. The number of benzene rings is 1. The third kappa shape index (κ3) is 5.14. The summed E-state index contributed by atoms with van der Waals surface area (Å²) in [6, 6.07) is 4.50. The van der Waals surface area contributed by atoms with Crippen LogP contribution >= 0.6 is 0 Å². The van der Waals surface area contributed by atoms with E-state index >= 15 is 0 Å². The van der Waals surface area contributed by atoms with Gasteiger partial charge in [-0.1, -0.05) is 13.0 Å². The van der Waals surface area contributed by atoms with Crippen molar-refractivity contribution in [1.82, 2.24) is 0 Å². The lowest BCUT2D eigenvalue weighted by Gasteiger charge is -2.08. The Morgan fingerprint density at radius 1 is 1.32 bits per heavy atom. The normalized spacial score (nSPS) is 13.3. The molecule has 0 amide bonds. The van der Waals surface area contributed by atoms with Crippen molar-refractivity contribution in [1.29, 1.82) is 0 Å². The van der Waals surface area contributed by atoms with E-state index in [1.54, 1.807) is 6.92 Å². The van der Waals surface area contributed by atoms with E-state index in [4.69, 9.17) is 0 Å². The average Bonchev–Trinajstić information content (AvgIpc) is 2.37. The Bertz CT molecular complexity index is 469. The minimum absolute atomic E-state index is 0.0704. The van der Waals surface area contributed by atoms with Crippen LogP contribution in [0.3, 0.4) is 0 Å². The van der Waals surface area contributed by atoms with Gasteiger partial charge in [-0.25, -0.2) is 0 Å². The van der Waals surface area contributed by atoms with Gasteiger partial charge in [-0.05, 0) is 24.6 Å². The van der Waals surface area contributed by atoms with Gasteiger partial charge in [-0.3, -0.25) is 9.00 Å². The lowest BCUT2D eigenvalue weighted by atomic mass is 10.2. The maximum Gasteiger partial charge on any atom is 0.416 e. The smallest absolute Gasteiger partial charge is 0.300 e. The highest BCUT2D eigenvalue weighted by molar-refractivity contribution is 7.85. The molecule has 0 fully saturated rings. The molecule has 0 saturated heterocycles. The average molecular weight is 292 g/mol. The van der Waals surface area contributed by atoms with Gasteiger partial charge >= 0.3 is 6.18 Å². The summed E-state index contributed by atoms with van der Waals surface area (Å²) in [5.41, 5.74) is -0.803. The molecular formula is C13H15F3O2S. The summed E-state index contributed by atoms with van der Waals surface area (Å²) in [5, 5.41) is 0. The van der Waals surface area contributed by atoms with Crippen molar-refractivity contribution in [2.45, 2.75) is 37.3 Å². The molecule has 0 heterocycles. The Morgan fingerprint density at radius 2 is 2.00 bits per heavy atom. The van der Waals surface area contributed by atoms with E-state index in [1.807, 2.05) is 0 Å². The van der Waals surface area contributed by atoms with Crippen LogP contribution in [0.5, 0.6) is 0 Å². The summed E-state index contributed by atoms with van der Waals surface area (Å²) in [6.07, 6.45) is -3.26. The van der Waals surface area contributed by atoms with Crippen molar-refractivity contribution >= 4 is 16.6 Å². The van der Waals surface area contributed by atoms with Crippen LogP contribution in [0.1, 0.15) is 31.7 Å². The highest BCUT2D eigenvalue weighted by Crippen LogP contribution is 2.30. The van der Waals surface area contributed by atoms with Gasteiger partial charge in [0.15, 0.2) is 0 Å². The van der Waals surface area contributed by atoms with Gasteiger partial charge < -0.3 is 0 Å². The topological polar surface area (TPSA) is 34.1 Å². The molecule has 19 heavy (non-hydrogen) atoms. The van der Waals surface area contributed by atoms with E-state index in [0.717, 1.165) is 12.1 Å². The van der Waals surface area contributed by atoms with Gasteiger partial charge in [0.1, 0.15) is 5.78 Å². The van der Waals surface area contributed by atoms with Gasteiger partial charge in [0.2, 0.25) is 0 Å². The van der Waals surface area contributed by atoms with Crippen LogP contribution in [0, 0.1) is 0 Å². The van der Waals surface area contributed by atoms with Crippen molar-refractivity contribution in [3.8, 4) is 0 Å². The second-order valence-corrected chi connectivity index (χ2v) is 5.64. The molecule has 0 aliphatic carbocycles. The first-order chi connectivity index (χ1) is 8.84. The van der Waals surface area contributed by atoms with Gasteiger partial charge in [0, 0.05) is 23.5 Å². The number of alkyl halides is 3. The first-order valence-electron chi connectivity index (χ1n) is 5.92. The molecule has 1 rings (SSSR count). The van der Waals surface area contributed by atoms with Crippen LogP contribution < -0.4 is 0 Å². The fraction of sp³-hybridized carbons (Fsp3) is 0.462. The van der Waals surface area contributed by atoms with E-state index in [2.05, 4.69) is 0 Å². The third-order valence-corrected chi connectivity index (χ3v) is 4.04. The summed E-state index contributed by atoms with van der Waals surface area (Å²) < 4.78 is 49.3. The van der Waals surface area contributed by atoms with Gasteiger partial charge in [-0.2, -0.15) is 13.2 Å². The van der Waals surface area contributed by atoms with Crippen molar-refractivity contribution < 1.29 is 22.2 Å². The largest absolute Gasteiger partial charge is 0.416 e. The lowest BCUT2D eigenvalue weighted by Crippen LogP contribution is -2.07. The molecule has 0 bridgehead atoms. The Balaban J connectivity index is 2.65. The van der Waals surface area contributed by atoms with Crippen LogP contribution in [0.15, 0.2) is 29.2 Å². The van der Waals surface area contributed by atoms with Gasteiger partial charge in [-0.15, -0.1) is 0 Å². The summed E-state index contributed by atoms with van der Waals surface area (Å²) in [7, 11) is -1.50. The summed E-state index contributed by atoms with van der Waals surface area (Å²) in [5.74, 6) is 0.272. The SMILES string of the molecule is CCC(=O)CCCS(=O)c1cccc(C(F)(F)F)c1. The quantitative estimate of drug-likeness (QED) is 0.803. The number of carbonyl (C=O) groups is 1. The zero-order chi connectivity index (χ0) is 14.5. The van der Waals surface area contributed by atoms with Crippen molar-refractivity contribution in [2.75, 3.05) is 5.75 Å². The molecule has 0 saturated carbocycles. The fourth-order valence-corrected chi connectivity index (χ4v) is 2.64. The molecule has 0 aliphatic heterocycles. The minimum Gasteiger partial charge on any atom is -0.300 e. The number of carbonyl (C=O) groups excluding carboxylic acids is 1. The van der Waals surface area contributed by atoms with Crippen molar-refractivity contribution in [3.63, 3.8) is 0 Å². The molecule has 6 heteroatoms. The monoisotopic (exact) mass is 292 g/mol.